The summed E-state index contributed by atoms with van der Waals surface area (Å²) in [6.45, 7) is 0. The monoisotopic (exact) mass is 314 g/mol. The third-order valence-electron chi connectivity index (χ3n) is 2.41. The smallest absolute Gasteiger partial charge is 0.175 e. The van der Waals surface area contributed by atoms with E-state index < -0.39 is 0 Å². The van der Waals surface area contributed by atoms with Gasteiger partial charge in [0.1, 0.15) is 5.82 Å². The molecule has 98 valence electrons. The van der Waals surface area contributed by atoms with Crippen LogP contribution in [-0.2, 0) is 0 Å². The topological polar surface area (TPSA) is 29.3 Å². The van der Waals surface area contributed by atoms with Crippen LogP contribution in [0.5, 0.6) is 0 Å². The molecule has 6 heteroatoms. The second kappa shape index (κ2) is 5.74. The van der Waals surface area contributed by atoms with Crippen LogP contribution in [0.25, 0.3) is 0 Å². The lowest BCUT2D eigenvalue weighted by Crippen LogP contribution is -2.31. The Balaban J connectivity index is 2.51. The van der Waals surface area contributed by atoms with Gasteiger partial charge in [0.15, 0.2) is 5.11 Å². The largest absolute Gasteiger partial charge is 0.376 e. The zero-order chi connectivity index (χ0) is 14.0. The van der Waals surface area contributed by atoms with Crippen molar-refractivity contribution in [2.45, 2.75) is 0 Å². The Morgan fingerprint density at radius 1 is 1.00 bits per heavy atom. The molecule has 0 aromatic heterocycles. The van der Waals surface area contributed by atoms with Gasteiger partial charge in [0.25, 0.3) is 0 Å². The van der Waals surface area contributed by atoms with E-state index in [-0.39, 0.29) is 10.9 Å². The number of nitrogens with two attached hydrogens (primary N) is 1. The molecule has 0 fully saturated rings. The average molecular weight is 315 g/mol. The van der Waals surface area contributed by atoms with Crippen molar-refractivity contribution in [3.05, 3.63) is 58.3 Å². The van der Waals surface area contributed by atoms with Gasteiger partial charge in [-0.25, -0.2) is 4.39 Å². The van der Waals surface area contributed by atoms with Crippen molar-refractivity contribution in [1.29, 1.82) is 0 Å². The lowest BCUT2D eigenvalue weighted by Gasteiger charge is -2.23. The maximum absolute atomic E-state index is 13.0. The quantitative estimate of drug-likeness (QED) is 0.827. The number of thiocarbonyl (C=S) groups is 1. The van der Waals surface area contributed by atoms with Crippen LogP contribution in [0, 0.1) is 5.82 Å². The fourth-order valence-electron chi connectivity index (χ4n) is 1.66. The highest BCUT2D eigenvalue weighted by Crippen LogP contribution is 2.30. The molecule has 2 nitrogen and oxygen atoms in total. The number of benzene rings is 2. The van der Waals surface area contributed by atoms with Crippen molar-refractivity contribution < 1.29 is 4.39 Å². The molecule has 0 spiro atoms. The normalized spacial score (nSPS) is 10.3. The molecule has 2 aromatic rings. The minimum atomic E-state index is -0.337. The molecule has 0 amide bonds. The Hall–Kier alpha value is -1.36. The highest BCUT2D eigenvalue weighted by molar-refractivity contribution is 7.80. The van der Waals surface area contributed by atoms with Crippen LogP contribution in [0.1, 0.15) is 0 Å². The van der Waals surface area contributed by atoms with Crippen molar-refractivity contribution in [2.75, 3.05) is 4.90 Å². The van der Waals surface area contributed by atoms with Crippen molar-refractivity contribution in [3.63, 3.8) is 0 Å². The first-order valence-corrected chi connectivity index (χ1v) is 6.45. The fourth-order valence-corrected chi connectivity index (χ4v) is 2.39. The molecule has 0 bridgehead atoms. The van der Waals surface area contributed by atoms with Gasteiger partial charge in [-0.1, -0.05) is 23.2 Å². The van der Waals surface area contributed by atoms with Crippen molar-refractivity contribution in [2.24, 2.45) is 5.73 Å². The third-order valence-corrected chi connectivity index (χ3v) is 3.03. The second-order valence-corrected chi connectivity index (χ2v) is 5.07. The Morgan fingerprint density at radius 2 is 1.53 bits per heavy atom. The number of hydrogen-bond acceptors (Lipinski definition) is 1. The summed E-state index contributed by atoms with van der Waals surface area (Å²) in [5.41, 5.74) is 6.97. The van der Waals surface area contributed by atoms with Crippen molar-refractivity contribution in [3.8, 4) is 0 Å². The lowest BCUT2D eigenvalue weighted by molar-refractivity contribution is 0.628. The van der Waals surface area contributed by atoms with Crippen LogP contribution < -0.4 is 10.6 Å². The fraction of sp³-hybridized carbons (Fsp3) is 0. The predicted octanol–water partition coefficient (Wildman–Crippen LogP) is 4.51. The zero-order valence-corrected chi connectivity index (χ0v) is 11.9. The van der Waals surface area contributed by atoms with Crippen LogP contribution >= 0.6 is 35.4 Å². The number of rotatable bonds is 2. The second-order valence-electron chi connectivity index (χ2n) is 3.78. The van der Waals surface area contributed by atoms with E-state index in [1.165, 1.54) is 12.1 Å². The molecular formula is C13H9Cl2FN2S. The summed E-state index contributed by atoms with van der Waals surface area (Å²) in [7, 11) is 0. The van der Waals surface area contributed by atoms with Crippen LogP contribution in [0.3, 0.4) is 0 Å². The SMILES string of the molecule is NC(=S)N(c1ccc(F)cc1)c1cc(Cl)cc(Cl)c1. The minimum Gasteiger partial charge on any atom is -0.376 e. The first kappa shape index (κ1) is 14.1. The van der Waals surface area contributed by atoms with Crippen LogP contribution in [-0.4, -0.2) is 5.11 Å². The molecule has 0 aliphatic carbocycles. The highest BCUT2D eigenvalue weighted by atomic mass is 35.5. The van der Waals surface area contributed by atoms with E-state index in [1.54, 1.807) is 35.2 Å². The van der Waals surface area contributed by atoms with E-state index in [9.17, 15) is 4.39 Å². The Bertz CT molecular complexity index is 596. The van der Waals surface area contributed by atoms with E-state index >= 15 is 0 Å². The van der Waals surface area contributed by atoms with Crippen LogP contribution in [0.2, 0.25) is 10.0 Å². The summed E-state index contributed by atoms with van der Waals surface area (Å²) in [6.07, 6.45) is 0. The van der Waals surface area contributed by atoms with Crippen LogP contribution in [0.4, 0.5) is 15.8 Å². The molecule has 2 N–H and O–H groups in total. The number of hydrogen-bond donors (Lipinski definition) is 1. The molecule has 0 saturated heterocycles. The molecule has 0 aliphatic rings. The van der Waals surface area contributed by atoms with Gasteiger partial charge in [0, 0.05) is 15.7 Å². The summed E-state index contributed by atoms with van der Waals surface area (Å²) in [5, 5.41) is 1.04. The molecule has 0 radical (unpaired) electrons. The summed E-state index contributed by atoms with van der Waals surface area (Å²) in [6, 6.07) is 10.8. The number of halogens is 3. The zero-order valence-electron chi connectivity index (χ0n) is 9.61. The lowest BCUT2D eigenvalue weighted by atomic mass is 10.2. The van der Waals surface area contributed by atoms with E-state index in [0.29, 0.717) is 21.4 Å². The molecule has 2 aromatic carbocycles. The van der Waals surface area contributed by atoms with E-state index in [4.69, 9.17) is 41.2 Å². The maximum Gasteiger partial charge on any atom is 0.175 e. The molecule has 0 heterocycles. The van der Waals surface area contributed by atoms with Gasteiger partial charge in [-0.2, -0.15) is 0 Å². The van der Waals surface area contributed by atoms with Crippen molar-refractivity contribution in [1.82, 2.24) is 0 Å². The van der Waals surface area contributed by atoms with E-state index in [2.05, 4.69) is 0 Å². The third kappa shape index (κ3) is 3.35. The average Bonchev–Trinajstić information content (AvgIpc) is 2.30. The van der Waals surface area contributed by atoms with Gasteiger partial charge in [-0.15, -0.1) is 0 Å². The summed E-state index contributed by atoms with van der Waals surface area (Å²) in [5.74, 6) is -0.337. The van der Waals surface area contributed by atoms with Gasteiger partial charge < -0.3 is 5.73 Å². The number of nitrogens with zero attached hydrogens (tertiary/aromatic N) is 1. The molecule has 0 unspecified atom stereocenters. The first-order chi connectivity index (χ1) is 8.97. The van der Waals surface area contributed by atoms with Crippen LogP contribution in [0.15, 0.2) is 42.5 Å². The Labute approximate surface area is 125 Å². The summed E-state index contributed by atoms with van der Waals surface area (Å²) in [4.78, 5) is 1.56. The molecule has 19 heavy (non-hydrogen) atoms. The van der Waals surface area contributed by atoms with Gasteiger partial charge in [0.05, 0.1) is 5.69 Å². The van der Waals surface area contributed by atoms with Gasteiger partial charge >= 0.3 is 0 Å². The van der Waals surface area contributed by atoms with E-state index in [0.717, 1.165) is 0 Å². The number of anilines is 2. The first-order valence-electron chi connectivity index (χ1n) is 5.28. The van der Waals surface area contributed by atoms with Gasteiger partial charge in [0.2, 0.25) is 0 Å². The van der Waals surface area contributed by atoms with Gasteiger partial charge in [-0.3, -0.25) is 4.90 Å². The minimum absolute atomic E-state index is 0.116. The molecule has 0 aliphatic heterocycles. The summed E-state index contributed by atoms with van der Waals surface area (Å²) >= 11 is 16.9. The highest BCUT2D eigenvalue weighted by Gasteiger charge is 2.13. The molecule has 0 saturated carbocycles. The Kier molecular flexibility index (Phi) is 4.24. The summed E-state index contributed by atoms with van der Waals surface area (Å²) < 4.78 is 13.0. The standard InChI is InChI=1S/C13H9Cl2FN2S/c14-8-5-9(15)7-12(6-8)18(13(17)19)11-3-1-10(16)2-4-11/h1-7H,(H2,17,19). The predicted molar refractivity (Wildman–Crippen MR) is 81.8 cm³/mol. The van der Waals surface area contributed by atoms with E-state index in [1.807, 2.05) is 0 Å². The Morgan fingerprint density at radius 3 is 2.00 bits per heavy atom. The maximum atomic E-state index is 13.0. The van der Waals surface area contributed by atoms with Gasteiger partial charge in [-0.05, 0) is 54.7 Å². The molecule has 0 atom stereocenters. The molecule has 2 rings (SSSR count). The van der Waals surface area contributed by atoms with Crippen molar-refractivity contribution >= 4 is 51.9 Å². The molecular weight excluding hydrogens is 306 g/mol.